The number of hydrogen-bond acceptors (Lipinski definition) is 3. The summed E-state index contributed by atoms with van der Waals surface area (Å²) in [6, 6.07) is 9.00. The van der Waals surface area contributed by atoms with E-state index in [-0.39, 0.29) is 28.4 Å². The molecule has 1 saturated carbocycles. The second kappa shape index (κ2) is 8.59. The summed E-state index contributed by atoms with van der Waals surface area (Å²) < 4.78 is 55.0. The van der Waals surface area contributed by atoms with E-state index in [9.17, 15) is 22.0 Å². The predicted octanol–water partition coefficient (Wildman–Crippen LogP) is 3.50. The number of rotatable bonds is 8. The van der Waals surface area contributed by atoms with Gasteiger partial charge in [-0.25, -0.2) is 21.9 Å². The molecule has 1 aliphatic rings. The summed E-state index contributed by atoms with van der Waals surface area (Å²) in [6.45, 7) is 3.65. The molecule has 3 rings (SSSR count). The van der Waals surface area contributed by atoms with Crippen LogP contribution < -0.4 is 4.72 Å². The molecule has 0 unspecified atom stereocenters. The van der Waals surface area contributed by atoms with E-state index in [0.717, 1.165) is 36.6 Å². The number of nitrogens with zero attached hydrogens (tertiary/aromatic N) is 1. The Balaban J connectivity index is 1.83. The molecular weight excluding hydrogens is 398 g/mol. The normalized spacial score (nSPS) is 14.2. The van der Waals surface area contributed by atoms with Crippen molar-refractivity contribution < 1.29 is 22.0 Å². The van der Waals surface area contributed by atoms with Crippen molar-refractivity contribution in [1.82, 2.24) is 9.62 Å². The van der Waals surface area contributed by atoms with E-state index >= 15 is 0 Å². The number of amides is 1. The maximum atomic E-state index is 14.4. The predicted molar refractivity (Wildman–Crippen MR) is 106 cm³/mol. The maximum Gasteiger partial charge on any atom is 0.257 e. The van der Waals surface area contributed by atoms with Gasteiger partial charge in [0.1, 0.15) is 11.6 Å². The lowest BCUT2D eigenvalue weighted by Crippen LogP contribution is -2.36. The highest BCUT2D eigenvalue weighted by molar-refractivity contribution is 7.89. The van der Waals surface area contributed by atoms with Crippen LogP contribution in [0.2, 0.25) is 0 Å². The highest BCUT2D eigenvalue weighted by Gasteiger charge is 2.34. The summed E-state index contributed by atoms with van der Waals surface area (Å²) in [5.74, 6) is -1.67. The van der Waals surface area contributed by atoms with Crippen molar-refractivity contribution in [3.63, 3.8) is 0 Å². The Morgan fingerprint density at radius 3 is 2.52 bits per heavy atom. The van der Waals surface area contributed by atoms with Crippen molar-refractivity contribution in [3.05, 3.63) is 65.2 Å². The monoisotopic (exact) mass is 422 g/mol. The minimum absolute atomic E-state index is 0.00971. The summed E-state index contributed by atoms with van der Waals surface area (Å²) in [5, 5.41) is 0. The summed E-state index contributed by atoms with van der Waals surface area (Å²) in [4.78, 5) is 14.4. The molecule has 1 fully saturated rings. The van der Waals surface area contributed by atoms with Gasteiger partial charge in [-0.15, -0.1) is 0 Å². The third-order valence-electron chi connectivity index (χ3n) is 4.65. The topological polar surface area (TPSA) is 66.5 Å². The van der Waals surface area contributed by atoms with E-state index in [1.54, 1.807) is 30.9 Å². The average Bonchev–Trinajstić information content (AvgIpc) is 3.46. The summed E-state index contributed by atoms with van der Waals surface area (Å²) >= 11 is 0. The van der Waals surface area contributed by atoms with Crippen molar-refractivity contribution in [2.75, 3.05) is 6.54 Å². The Kier molecular flexibility index (Phi) is 6.33. The van der Waals surface area contributed by atoms with Crippen LogP contribution in [0.5, 0.6) is 0 Å². The summed E-state index contributed by atoms with van der Waals surface area (Å²) in [6.07, 6.45) is 2.04. The molecule has 29 heavy (non-hydrogen) atoms. The minimum Gasteiger partial charge on any atom is -0.335 e. The van der Waals surface area contributed by atoms with Gasteiger partial charge in [0.05, 0.1) is 10.5 Å². The van der Waals surface area contributed by atoms with Crippen LogP contribution in [0.3, 0.4) is 0 Å². The molecule has 0 bridgehead atoms. The average molecular weight is 422 g/mol. The number of carbonyl (C=O) groups is 1. The number of halogens is 2. The molecule has 0 aliphatic heterocycles. The van der Waals surface area contributed by atoms with Crippen molar-refractivity contribution in [3.8, 4) is 0 Å². The fourth-order valence-corrected chi connectivity index (χ4v) is 4.42. The lowest BCUT2D eigenvalue weighted by molar-refractivity contribution is 0.0740. The fraction of sp³-hybridized carbons (Fsp3) is 0.381. The third kappa shape index (κ3) is 5.39. The first-order chi connectivity index (χ1) is 13.7. The van der Waals surface area contributed by atoms with Gasteiger partial charge in [0, 0.05) is 18.6 Å². The van der Waals surface area contributed by atoms with Crippen LogP contribution >= 0.6 is 0 Å². The van der Waals surface area contributed by atoms with Gasteiger partial charge in [0.15, 0.2) is 0 Å². The van der Waals surface area contributed by atoms with Gasteiger partial charge in [-0.05, 0) is 69.0 Å². The highest BCUT2D eigenvalue weighted by atomic mass is 32.2. The Morgan fingerprint density at radius 2 is 1.90 bits per heavy atom. The van der Waals surface area contributed by atoms with E-state index < -0.39 is 21.7 Å². The standard InChI is InChI=1S/C21H24F2N2O3S/c1-14(2)24-29(27,28)18-8-9-20(23)19(13-18)21(26)25(17-6-7-17)11-10-15-4-3-5-16(22)12-15/h3-5,8-9,12-14,17,24H,6-7,10-11H2,1-2H3. The van der Waals surface area contributed by atoms with Crippen LogP contribution in [0.1, 0.15) is 42.6 Å². The van der Waals surface area contributed by atoms with Crippen LogP contribution in [-0.2, 0) is 16.4 Å². The van der Waals surface area contributed by atoms with Crippen LogP contribution in [0.25, 0.3) is 0 Å². The van der Waals surface area contributed by atoms with Crippen LogP contribution in [0, 0.1) is 11.6 Å². The molecule has 8 heteroatoms. The first kappa shape index (κ1) is 21.4. The molecule has 0 heterocycles. The van der Waals surface area contributed by atoms with E-state index in [2.05, 4.69) is 4.72 Å². The van der Waals surface area contributed by atoms with Crippen LogP contribution in [-0.4, -0.2) is 37.9 Å². The number of hydrogen-bond donors (Lipinski definition) is 1. The van der Waals surface area contributed by atoms with Crippen molar-refractivity contribution in [2.45, 2.75) is 50.1 Å². The van der Waals surface area contributed by atoms with E-state index in [4.69, 9.17) is 0 Å². The SMILES string of the molecule is CC(C)NS(=O)(=O)c1ccc(F)c(C(=O)N(CCc2cccc(F)c2)C2CC2)c1. The smallest absolute Gasteiger partial charge is 0.257 e. The van der Waals surface area contributed by atoms with E-state index in [0.29, 0.717) is 13.0 Å². The van der Waals surface area contributed by atoms with E-state index in [1.807, 2.05) is 0 Å². The van der Waals surface area contributed by atoms with E-state index in [1.165, 1.54) is 12.1 Å². The molecule has 1 N–H and O–H groups in total. The molecule has 0 spiro atoms. The summed E-state index contributed by atoms with van der Waals surface area (Å²) in [7, 11) is -3.85. The first-order valence-corrected chi connectivity index (χ1v) is 11.0. The summed E-state index contributed by atoms with van der Waals surface area (Å²) in [5.41, 5.74) is 0.462. The molecular formula is C21H24F2N2O3S. The molecule has 0 atom stereocenters. The molecule has 2 aromatic rings. The molecule has 1 amide bonds. The van der Waals surface area contributed by atoms with Gasteiger partial charge in [-0.2, -0.15) is 0 Å². The van der Waals surface area contributed by atoms with Gasteiger partial charge < -0.3 is 4.90 Å². The quantitative estimate of drug-likeness (QED) is 0.708. The largest absolute Gasteiger partial charge is 0.335 e. The molecule has 2 aromatic carbocycles. The Hall–Kier alpha value is -2.32. The molecule has 0 radical (unpaired) electrons. The Labute approximate surface area is 169 Å². The van der Waals surface area contributed by atoms with Crippen molar-refractivity contribution >= 4 is 15.9 Å². The lowest BCUT2D eigenvalue weighted by Gasteiger charge is -2.23. The van der Waals surface area contributed by atoms with Gasteiger partial charge in [0.25, 0.3) is 5.91 Å². The van der Waals surface area contributed by atoms with Crippen LogP contribution in [0.4, 0.5) is 8.78 Å². The van der Waals surface area contributed by atoms with Crippen LogP contribution in [0.15, 0.2) is 47.4 Å². The maximum absolute atomic E-state index is 14.4. The zero-order valence-electron chi connectivity index (χ0n) is 16.4. The second-order valence-electron chi connectivity index (χ2n) is 7.53. The van der Waals surface area contributed by atoms with Gasteiger partial charge in [-0.3, -0.25) is 4.79 Å². The van der Waals surface area contributed by atoms with Crippen molar-refractivity contribution in [1.29, 1.82) is 0 Å². The lowest BCUT2D eigenvalue weighted by atomic mass is 10.1. The highest BCUT2D eigenvalue weighted by Crippen LogP contribution is 2.29. The molecule has 1 aliphatic carbocycles. The molecule has 5 nitrogen and oxygen atoms in total. The molecule has 0 saturated heterocycles. The molecule has 156 valence electrons. The first-order valence-electron chi connectivity index (χ1n) is 9.54. The Bertz CT molecular complexity index is 1000. The number of sulfonamides is 1. The van der Waals surface area contributed by atoms with Gasteiger partial charge >= 0.3 is 0 Å². The zero-order valence-corrected chi connectivity index (χ0v) is 17.2. The second-order valence-corrected chi connectivity index (χ2v) is 9.24. The number of benzene rings is 2. The third-order valence-corrected chi connectivity index (χ3v) is 6.30. The zero-order chi connectivity index (χ0) is 21.2. The van der Waals surface area contributed by atoms with Gasteiger partial charge in [-0.1, -0.05) is 12.1 Å². The van der Waals surface area contributed by atoms with Crippen molar-refractivity contribution in [2.24, 2.45) is 0 Å². The fourth-order valence-electron chi connectivity index (χ4n) is 3.15. The Morgan fingerprint density at radius 1 is 1.17 bits per heavy atom. The molecule has 0 aromatic heterocycles. The number of nitrogens with one attached hydrogen (secondary N) is 1. The number of carbonyl (C=O) groups excluding carboxylic acids is 1. The van der Waals surface area contributed by atoms with Gasteiger partial charge in [0.2, 0.25) is 10.0 Å². The minimum atomic E-state index is -3.85.